The van der Waals surface area contributed by atoms with Crippen LogP contribution in [0.15, 0.2) is 42.9 Å². The summed E-state index contributed by atoms with van der Waals surface area (Å²) in [6.07, 6.45) is 0.121. The number of pyridine rings is 1. The van der Waals surface area contributed by atoms with Crippen LogP contribution in [0.25, 0.3) is 5.69 Å². The van der Waals surface area contributed by atoms with Crippen LogP contribution in [0.5, 0.6) is 0 Å². The average molecular weight is 453 g/mol. The van der Waals surface area contributed by atoms with Gasteiger partial charge in [0.1, 0.15) is 11.5 Å². The van der Waals surface area contributed by atoms with Crippen LogP contribution >= 0.6 is 11.6 Å². The summed E-state index contributed by atoms with van der Waals surface area (Å²) >= 11 is 5.84. The quantitative estimate of drug-likeness (QED) is 0.558. The second-order valence-corrected chi connectivity index (χ2v) is 7.14. The van der Waals surface area contributed by atoms with Gasteiger partial charge in [0, 0.05) is 25.7 Å². The largest absolute Gasteiger partial charge is 0.416 e. The van der Waals surface area contributed by atoms with Gasteiger partial charge in [-0.3, -0.25) is 4.79 Å². The lowest BCUT2D eigenvalue weighted by atomic mass is 9.90. The maximum atomic E-state index is 13.6. The molecule has 0 bridgehead atoms. The number of benzene rings is 1. The van der Waals surface area contributed by atoms with Crippen LogP contribution in [0.4, 0.5) is 19.0 Å². The lowest BCUT2D eigenvalue weighted by Crippen LogP contribution is -2.25. The molecule has 164 valence electrons. The number of nitrogens with one attached hydrogen (secondary N) is 2. The molecule has 1 atom stereocenters. The number of anilines is 1. The van der Waals surface area contributed by atoms with E-state index in [1.165, 1.54) is 30.4 Å². The second-order valence-electron chi connectivity index (χ2n) is 6.70. The third-order valence-corrected chi connectivity index (χ3v) is 4.97. The minimum absolute atomic E-state index is 0.161. The van der Waals surface area contributed by atoms with Crippen molar-refractivity contribution in [3.05, 3.63) is 64.6 Å². The molecule has 31 heavy (non-hydrogen) atoms. The van der Waals surface area contributed by atoms with E-state index in [0.717, 1.165) is 12.1 Å². The average Bonchev–Trinajstić information content (AvgIpc) is 3.28. The van der Waals surface area contributed by atoms with E-state index in [9.17, 15) is 18.0 Å². The Balaban J connectivity index is 2.12. The predicted molar refractivity (Wildman–Crippen MR) is 111 cm³/mol. The lowest BCUT2D eigenvalue weighted by molar-refractivity contribution is -0.137. The van der Waals surface area contributed by atoms with Crippen molar-refractivity contribution < 1.29 is 18.0 Å². The van der Waals surface area contributed by atoms with Gasteiger partial charge in [-0.05, 0) is 36.2 Å². The molecule has 2 N–H and O–H groups in total. The number of hydrogen-bond donors (Lipinski definition) is 2. The highest BCUT2D eigenvalue weighted by Crippen LogP contribution is 2.37. The molecule has 0 radical (unpaired) electrons. The molecule has 1 amide bonds. The van der Waals surface area contributed by atoms with Crippen molar-refractivity contribution in [3.63, 3.8) is 0 Å². The minimum atomic E-state index is -4.63. The summed E-state index contributed by atoms with van der Waals surface area (Å²) in [6, 6.07) is 5.20. The number of nitrogens with zero attached hydrogens (tertiary/aromatic N) is 4. The smallest absolute Gasteiger partial charge is 0.369 e. The Morgan fingerprint density at radius 3 is 2.48 bits per heavy atom. The maximum Gasteiger partial charge on any atom is 0.416 e. The van der Waals surface area contributed by atoms with Crippen molar-refractivity contribution in [2.75, 3.05) is 18.9 Å². The molecule has 3 aromatic rings. The monoisotopic (exact) mass is 452 g/mol. The van der Waals surface area contributed by atoms with E-state index >= 15 is 0 Å². The Bertz CT molecular complexity index is 1040. The summed E-state index contributed by atoms with van der Waals surface area (Å²) in [7, 11) is 1.35. The maximum absolute atomic E-state index is 13.6. The molecule has 0 aliphatic carbocycles. The van der Waals surface area contributed by atoms with Crippen LogP contribution in [-0.4, -0.2) is 39.5 Å². The summed E-state index contributed by atoms with van der Waals surface area (Å²) in [5.74, 6) is -0.536. The Kier molecular flexibility index (Phi) is 6.79. The number of carbonyl (C=O) groups excluding carboxylic acids is 1. The molecule has 7 nitrogen and oxygen atoms in total. The van der Waals surface area contributed by atoms with Crippen molar-refractivity contribution in [3.8, 4) is 5.69 Å². The molecule has 0 saturated heterocycles. The highest BCUT2D eigenvalue weighted by Gasteiger charge is 2.35. The van der Waals surface area contributed by atoms with Gasteiger partial charge in [-0.25, -0.2) is 4.98 Å². The molecule has 11 heteroatoms. The fraction of sp³-hybridized carbons (Fsp3) is 0.300. The zero-order valence-electron chi connectivity index (χ0n) is 16.7. The van der Waals surface area contributed by atoms with E-state index in [0.29, 0.717) is 22.8 Å². The van der Waals surface area contributed by atoms with Crippen LogP contribution in [-0.2, 0) is 6.18 Å². The molecule has 0 aliphatic heterocycles. The molecule has 2 heterocycles. The number of carbonyl (C=O) groups is 1. The summed E-state index contributed by atoms with van der Waals surface area (Å²) in [5.41, 5.74) is -0.574. The number of aromatic nitrogens is 4. The lowest BCUT2D eigenvalue weighted by Gasteiger charge is -2.23. The van der Waals surface area contributed by atoms with Crippen LogP contribution in [0.3, 0.4) is 0 Å². The molecular formula is C20H20ClF3N6O. The molecule has 0 aliphatic rings. The van der Waals surface area contributed by atoms with Gasteiger partial charge in [0.25, 0.3) is 5.91 Å². The summed E-state index contributed by atoms with van der Waals surface area (Å²) in [6.45, 7) is 2.12. The first kappa shape index (κ1) is 22.5. The van der Waals surface area contributed by atoms with E-state index in [1.807, 2.05) is 6.92 Å². The van der Waals surface area contributed by atoms with Crippen LogP contribution < -0.4 is 10.6 Å². The van der Waals surface area contributed by atoms with Gasteiger partial charge in [-0.1, -0.05) is 18.5 Å². The second kappa shape index (κ2) is 9.34. The Morgan fingerprint density at radius 2 is 1.94 bits per heavy atom. The van der Waals surface area contributed by atoms with E-state index in [-0.39, 0.29) is 17.8 Å². The van der Waals surface area contributed by atoms with E-state index in [2.05, 4.69) is 25.8 Å². The first-order valence-corrected chi connectivity index (χ1v) is 9.81. The Labute approximate surface area is 181 Å². The first-order chi connectivity index (χ1) is 14.7. The van der Waals surface area contributed by atoms with Crippen LogP contribution in [0.2, 0.25) is 5.02 Å². The van der Waals surface area contributed by atoms with Crippen LogP contribution in [0, 0.1) is 0 Å². The molecule has 3 rings (SSSR count). The Morgan fingerprint density at radius 1 is 1.23 bits per heavy atom. The van der Waals surface area contributed by atoms with Gasteiger partial charge in [-0.15, -0.1) is 0 Å². The standard InChI is InChI=1S/C20H20ClF3N6O/c1-3-12(10-26-17-5-4-14(21)11-27-17)15-8-13(20(22,23)24)9-16(19(31)25-2)18(15)30-28-6-7-29-30/h4-9,11-12H,3,10H2,1-2H3,(H,25,31)(H,26,27). The normalized spacial score (nSPS) is 12.5. The number of hydrogen-bond acceptors (Lipinski definition) is 5. The van der Waals surface area contributed by atoms with Gasteiger partial charge < -0.3 is 10.6 Å². The molecule has 0 fully saturated rings. The summed E-state index contributed by atoms with van der Waals surface area (Å²) in [5, 5.41) is 14.1. The van der Waals surface area contributed by atoms with Crippen molar-refractivity contribution in [1.82, 2.24) is 25.3 Å². The van der Waals surface area contributed by atoms with E-state index in [4.69, 9.17) is 11.6 Å². The molecule has 2 aromatic heterocycles. The summed E-state index contributed by atoms with van der Waals surface area (Å²) < 4.78 is 40.9. The van der Waals surface area contributed by atoms with Crippen molar-refractivity contribution in [1.29, 1.82) is 0 Å². The third kappa shape index (κ3) is 5.13. The van der Waals surface area contributed by atoms with Crippen molar-refractivity contribution in [2.24, 2.45) is 0 Å². The van der Waals surface area contributed by atoms with Gasteiger partial charge in [0.15, 0.2) is 0 Å². The number of halogens is 4. The first-order valence-electron chi connectivity index (χ1n) is 9.44. The number of amides is 1. The molecular weight excluding hydrogens is 433 g/mol. The molecule has 1 unspecified atom stereocenters. The minimum Gasteiger partial charge on any atom is -0.369 e. The van der Waals surface area contributed by atoms with E-state index < -0.39 is 23.6 Å². The topological polar surface area (TPSA) is 84.7 Å². The van der Waals surface area contributed by atoms with Crippen LogP contribution in [0.1, 0.15) is 40.7 Å². The predicted octanol–water partition coefficient (Wildman–Crippen LogP) is 4.30. The van der Waals surface area contributed by atoms with Gasteiger partial charge >= 0.3 is 6.18 Å². The van der Waals surface area contributed by atoms with Gasteiger partial charge in [0.2, 0.25) is 0 Å². The van der Waals surface area contributed by atoms with Gasteiger partial charge in [0.05, 0.1) is 28.5 Å². The molecule has 1 aromatic carbocycles. The zero-order valence-corrected chi connectivity index (χ0v) is 17.5. The fourth-order valence-corrected chi connectivity index (χ4v) is 3.29. The highest BCUT2D eigenvalue weighted by molar-refractivity contribution is 6.30. The zero-order chi connectivity index (χ0) is 22.6. The van der Waals surface area contributed by atoms with E-state index in [1.54, 1.807) is 12.1 Å². The summed E-state index contributed by atoms with van der Waals surface area (Å²) in [4.78, 5) is 17.8. The fourth-order valence-electron chi connectivity index (χ4n) is 3.18. The highest BCUT2D eigenvalue weighted by atomic mass is 35.5. The number of rotatable bonds is 7. The van der Waals surface area contributed by atoms with Crippen molar-refractivity contribution in [2.45, 2.75) is 25.4 Å². The third-order valence-electron chi connectivity index (χ3n) is 4.75. The number of alkyl halides is 3. The SMILES string of the molecule is CCC(CNc1ccc(Cl)cn1)c1cc(C(F)(F)F)cc(C(=O)NC)c1-n1nccn1. The Hall–Kier alpha value is -3.14. The molecule has 0 saturated carbocycles. The van der Waals surface area contributed by atoms with Gasteiger partial charge in [-0.2, -0.15) is 28.2 Å². The molecule has 0 spiro atoms. The van der Waals surface area contributed by atoms with Crippen molar-refractivity contribution >= 4 is 23.3 Å².